The van der Waals surface area contributed by atoms with Crippen molar-refractivity contribution in [2.45, 2.75) is 46.3 Å². The van der Waals surface area contributed by atoms with Gasteiger partial charge >= 0.3 is 6.09 Å². The van der Waals surface area contributed by atoms with Crippen LogP contribution in [0.5, 0.6) is 0 Å². The van der Waals surface area contributed by atoms with Crippen LogP contribution in [0, 0.1) is 0 Å². The van der Waals surface area contributed by atoms with Crippen molar-refractivity contribution in [1.29, 1.82) is 0 Å². The number of amides is 1. The Morgan fingerprint density at radius 2 is 1.61 bits per heavy atom. The minimum Gasteiger partial charge on any atom is -0.444 e. The van der Waals surface area contributed by atoms with Crippen molar-refractivity contribution in [1.82, 2.24) is 19.9 Å². The third-order valence-corrected chi connectivity index (χ3v) is 6.88. The van der Waals surface area contributed by atoms with Gasteiger partial charge in [0.05, 0.1) is 34.1 Å². The molecule has 0 unspecified atom stereocenters. The average molecular weight is 499 g/mol. The third-order valence-electron chi connectivity index (χ3n) is 5.88. The molecule has 36 heavy (non-hydrogen) atoms. The molecule has 1 amide bonds. The number of H-pyrrole nitrogens is 1. The van der Waals surface area contributed by atoms with E-state index >= 15 is 0 Å². The molecule has 1 N–H and O–H groups in total. The zero-order valence-electron chi connectivity index (χ0n) is 21.0. The van der Waals surface area contributed by atoms with Crippen molar-refractivity contribution >= 4 is 38.7 Å². The Morgan fingerprint density at radius 1 is 0.944 bits per heavy atom. The van der Waals surface area contributed by atoms with Crippen molar-refractivity contribution < 1.29 is 9.53 Å². The molecule has 0 radical (unpaired) electrons. The zero-order valence-corrected chi connectivity index (χ0v) is 21.9. The maximum absolute atomic E-state index is 12.7. The highest BCUT2D eigenvalue weighted by Gasteiger charge is 2.23. The maximum atomic E-state index is 12.7. The number of thiazole rings is 1. The highest BCUT2D eigenvalue weighted by atomic mass is 32.1. The number of ether oxygens (including phenoxy) is 1. The quantitative estimate of drug-likeness (QED) is 0.261. The lowest BCUT2D eigenvalue weighted by Crippen LogP contribution is -2.36. The molecule has 0 aliphatic carbocycles. The van der Waals surface area contributed by atoms with Gasteiger partial charge in [-0.2, -0.15) is 0 Å². The van der Waals surface area contributed by atoms with Gasteiger partial charge in [-0.05, 0) is 73.7 Å². The van der Waals surface area contributed by atoms with Gasteiger partial charge in [0, 0.05) is 6.54 Å². The monoisotopic (exact) mass is 498 g/mol. The predicted octanol–water partition coefficient (Wildman–Crippen LogP) is 7.65. The number of carbonyl (C=O) groups excluding carboxylic acids is 1. The van der Waals surface area contributed by atoms with Crippen molar-refractivity contribution in [3.05, 3.63) is 72.0 Å². The first-order valence-corrected chi connectivity index (χ1v) is 13.0. The topological polar surface area (TPSA) is 71.1 Å². The van der Waals surface area contributed by atoms with E-state index in [0.717, 1.165) is 54.9 Å². The molecule has 5 aromatic rings. The molecule has 6 nitrogen and oxygen atoms in total. The second-order valence-electron chi connectivity index (χ2n) is 9.90. The lowest BCUT2D eigenvalue weighted by atomic mass is 10.00. The van der Waals surface area contributed by atoms with Gasteiger partial charge in [-0.15, -0.1) is 11.3 Å². The van der Waals surface area contributed by atoms with E-state index in [4.69, 9.17) is 9.72 Å². The predicted molar refractivity (Wildman–Crippen MR) is 147 cm³/mol. The van der Waals surface area contributed by atoms with Crippen LogP contribution in [0.3, 0.4) is 0 Å². The molecule has 0 bridgehead atoms. The number of aromatic nitrogens is 3. The lowest BCUT2D eigenvalue weighted by Gasteiger charge is -2.26. The van der Waals surface area contributed by atoms with E-state index < -0.39 is 5.60 Å². The van der Waals surface area contributed by atoms with E-state index in [2.05, 4.69) is 77.6 Å². The number of nitrogens with zero attached hydrogens (tertiary/aromatic N) is 3. The molecular formula is C29H30N4O2S. The van der Waals surface area contributed by atoms with Gasteiger partial charge < -0.3 is 14.6 Å². The third kappa shape index (κ3) is 5.26. The van der Waals surface area contributed by atoms with E-state index in [1.54, 1.807) is 22.6 Å². The summed E-state index contributed by atoms with van der Waals surface area (Å²) in [4.78, 5) is 26.7. The fraction of sp³-hybridized carbons (Fsp3) is 0.276. The van der Waals surface area contributed by atoms with Crippen LogP contribution in [0.25, 0.3) is 43.5 Å². The van der Waals surface area contributed by atoms with Crippen LogP contribution in [-0.2, 0) is 11.3 Å². The average Bonchev–Trinajstić information content (AvgIpc) is 3.48. The zero-order chi connectivity index (χ0) is 25.3. The Bertz CT molecular complexity index is 1510. The second kappa shape index (κ2) is 9.74. The summed E-state index contributed by atoms with van der Waals surface area (Å²) in [6, 6.07) is 21.2. The van der Waals surface area contributed by atoms with E-state index in [1.165, 1.54) is 0 Å². The number of benzene rings is 3. The summed E-state index contributed by atoms with van der Waals surface area (Å²) in [6.45, 7) is 8.81. The minimum absolute atomic E-state index is 0.296. The van der Waals surface area contributed by atoms with Crippen molar-refractivity contribution in [2.75, 3.05) is 6.54 Å². The summed E-state index contributed by atoms with van der Waals surface area (Å²) in [5.74, 6) is 0. The molecule has 0 aliphatic heterocycles. The molecule has 2 aromatic heterocycles. The number of hydrogen-bond donors (Lipinski definition) is 1. The Labute approximate surface area is 215 Å². The van der Waals surface area contributed by atoms with Crippen LogP contribution in [-0.4, -0.2) is 38.1 Å². The molecule has 0 atom stereocenters. The second-order valence-corrected chi connectivity index (χ2v) is 11.0. The summed E-state index contributed by atoms with van der Waals surface area (Å²) in [5.41, 5.74) is 7.02. The molecule has 7 heteroatoms. The molecule has 0 spiro atoms. The Kier molecular flexibility index (Phi) is 6.49. The first-order valence-electron chi connectivity index (χ1n) is 12.2. The molecule has 2 heterocycles. The van der Waals surface area contributed by atoms with Crippen molar-refractivity contribution in [2.24, 2.45) is 0 Å². The van der Waals surface area contributed by atoms with E-state index in [9.17, 15) is 4.79 Å². The molecule has 0 aliphatic rings. The number of aromatic amines is 1. The van der Waals surface area contributed by atoms with Crippen molar-refractivity contribution in [3.63, 3.8) is 0 Å². The van der Waals surface area contributed by atoms with Crippen molar-refractivity contribution in [3.8, 4) is 22.3 Å². The minimum atomic E-state index is -0.521. The number of hydrogen-bond acceptors (Lipinski definition) is 5. The van der Waals surface area contributed by atoms with Gasteiger partial charge in [0.1, 0.15) is 10.6 Å². The molecule has 184 valence electrons. The smallest absolute Gasteiger partial charge is 0.410 e. The van der Waals surface area contributed by atoms with Crippen LogP contribution in [0.2, 0.25) is 0 Å². The van der Waals surface area contributed by atoms with Gasteiger partial charge in [0.2, 0.25) is 0 Å². The molecule has 0 saturated carbocycles. The molecule has 3 aromatic carbocycles. The van der Waals surface area contributed by atoms with E-state index in [0.29, 0.717) is 13.1 Å². The van der Waals surface area contributed by atoms with Crippen LogP contribution in [0.15, 0.2) is 67.0 Å². The van der Waals surface area contributed by atoms with E-state index in [-0.39, 0.29) is 6.09 Å². The highest BCUT2D eigenvalue weighted by molar-refractivity contribution is 7.18. The fourth-order valence-corrected chi connectivity index (χ4v) is 5.20. The summed E-state index contributed by atoms with van der Waals surface area (Å²) in [5, 5.41) is 0.908. The summed E-state index contributed by atoms with van der Waals surface area (Å²) in [7, 11) is 0. The van der Waals surface area contributed by atoms with E-state index in [1.807, 2.05) is 20.8 Å². The Balaban J connectivity index is 1.35. The number of carbonyl (C=O) groups is 1. The molecule has 0 fully saturated rings. The van der Waals surface area contributed by atoms with Gasteiger partial charge in [-0.25, -0.2) is 14.8 Å². The molecular weight excluding hydrogens is 468 g/mol. The standard InChI is InChI=1S/C29H30N4O2S/c1-5-14-33(28(34)35-29(2,3)4)17-27-32-24-13-11-22(16-26(24)36-27)20-8-6-19(7-9-20)21-10-12-23-25(15-21)31-18-30-23/h6-13,15-16,18H,5,14,17H2,1-4H3,(H,30,31). The number of imidazole rings is 1. The highest BCUT2D eigenvalue weighted by Crippen LogP contribution is 2.31. The largest absolute Gasteiger partial charge is 0.444 e. The number of fused-ring (bicyclic) bond motifs is 2. The number of nitrogens with one attached hydrogen (secondary N) is 1. The van der Waals surface area contributed by atoms with Gasteiger partial charge in [-0.1, -0.05) is 43.3 Å². The number of rotatable bonds is 6. The Morgan fingerprint density at radius 3 is 2.31 bits per heavy atom. The maximum Gasteiger partial charge on any atom is 0.410 e. The molecule has 0 saturated heterocycles. The van der Waals surface area contributed by atoms with Gasteiger partial charge in [0.25, 0.3) is 0 Å². The van der Waals surface area contributed by atoms with Crippen LogP contribution in [0.1, 0.15) is 39.1 Å². The van der Waals surface area contributed by atoms with Crippen LogP contribution < -0.4 is 0 Å². The first-order chi connectivity index (χ1) is 17.3. The summed E-state index contributed by atoms with van der Waals surface area (Å²) < 4.78 is 6.70. The Hall–Kier alpha value is -3.71. The lowest BCUT2D eigenvalue weighted by molar-refractivity contribution is 0.0233. The normalized spacial score (nSPS) is 11.8. The van der Waals surface area contributed by atoms with Gasteiger partial charge in [-0.3, -0.25) is 0 Å². The first kappa shape index (κ1) is 24.0. The summed E-state index contributed by atoms with van der Waals surface area (Å²) >= 11 is 1.63. The van der Waals surface area contributed by atoms with Crippen LogP contribution in [0.4, 0.5) is 4.79 Å². The van der Waals surface area contributed by atoms with Crippen LogP contribution >= 0.6 is 11.3 Å². The SMILES string of the molecule is CCCN(Cc1nc2ccc(-c3ccc(-c4ccc5[nH]cnc5c4)cc3)cc2s1)C(=O)OC(C)(C)C. The molecule has 5 rings (SSSR count). The van der Waals surface area contributed by atoms with Gasteiger partial charge in [0.15, 0.2) is 0 Å². The fourth-order valence-electron chi connectivity index (χ4n) is 4.18. The summed E-state index contributed by atoms with van der Waals surface area (Å²) in [6.07, 6.45) is 2.29.